The molecule has 3 aromatic rings. The molecule has 7 nitrogen and oxygen atoms in total. The third kappa shape index (κ3) is 5.33. The molecule has 1 amide bonds. The van der Waals surface area contributed by atoms with Crippen LogP contribution in [0.5, 0.6) is 11.5 Å². The maximum atomic E-state index is 12.9. The number of aryl methyl sites for hydroxylation is 2. The average molecular weight is 475 g/mol. The van der Waals surface area contributed by atoms with Gasteiger partial charge in [0.05, 0.1) is 29.7 Å². The summed E-state index contributed by atoms with van der Waals surface area (Å²) in [6, 6.07) is 14.1. The number of nitrogens with one attached hydrogen (secondary N) is 2. The Hall–Kier alpha value is -3.23. The van der Waals surface area contributed by atoms with Gasteiger partial charge in [0.25, 0.3) is 15.9 Å². The molecular formula is C23H23ClN2O5S. The van der Waals surface area contributed by atoms with Crippen molar-refractivity contribution in [1.29, 1.82) is 0 Å². The second-order valence-corrected chi connectivity index (χ2v) is 9.19. The second-order valence-electron chi connectivity index (χ2n) is 7.10. The van der Waals surface area contributed by atoms with Gasteiger partial charge in [-0.25, -0.2) is 8.42 Å². The Morgan fingerprint density at radius 3 is 2.09 bits per heavy atom. The number of benzene rings is 3. The van der Waals surface area contributed by atoms with E-state index in [0.717, 1.165) is 11.1 Å². The molecule has 0 aliphatic carbocycles. The summed E-state index contributed by atoms with van der Waals surface area (Å²) in [6.45, 7) is 3.83. The lowest BCUT2D eigenvalue weighted by molar-refractivity contribution is 0.102. The molecule has 0 fully saturated rings. The maximum Gasteiger partial charge on any atom is 0.261 e. The fourth-order valence-corrected chi connectivity index (χ4v) is 4.22. The molecule has 3 aromatic carbocycles. The molecule has 0 spiro atoms. The van der Waals surface area contributed by atoms with Crippen molar-refractivity contribution in [3.63, 3.8) is 0 Å². The highest BCUT2D eigenvalue weighted by Gasteiger charge is 2.20. The van der Waals surface area contributed by atoms with Crippen LogP contribution in [0.3, 0.4) is 0 Å². The van der Waals surface area contributed by atoms with Crippen molar-refractivity contribution in [2.24, 2.45) is 0 Å². The monoisotopic (exact) mass is 474 g/mol. The molecule has 0 aliphatic rings. The summed E-state index contributed by atoms with van der Waals surface area (Å²) in [5, 5.41) is 2.81. The molecule has 0 heterocycles. The summed E-state index contributed by atoms with van der Waals surface area (Å²) in [5.74, 6) is 0.396. The average Bonchev–Trinajstić information content (AvgIpc) is 2.75. The van der Waals surface area contributed by atoms with Gasteiger partial charge in [-0.15, -0.1) is 0 Å². The molecule has 168 valence electrons. The van der Waals surface area contributed by atoms with Crippen LogP contribution in [-0.2, 0) is 10.0 Å². The van der Waals surface area contributed by atoms with Gasteiger partial charge in [0, 0.05) is 29.6 Å². The van der Waals surface area contributed by atoms with Gasteiger partial charge in [-0.2, -0.15) is 0 Å². The summed E-state index contributed by atoms with van der Waals surface area (Å²) in [7, 11) is -0.950. The van der Waals surface area contributed by atoms with Crippen molar-refractivity contribution in [3.05, 3.63) is 76.3 Å². The number of methoxy groups -OCH3 is 2. The Labute approximate surface area is 192 Å². The number of amides is 1. The highest BCUT2D eigenvalue weighted by molar-refractivity contribution is 7.92. The molecular weight excluding hydrogens is 452 g/mol. The van der Waals surface area contributed by atoms with E-state index in [0.29, 0.717) is 22.9 Å². The normalized spacial score (nSPS) is 11.0. The Morgan fingerprint density at radius 1 is 0.844 bits per heavy atom. The van der Waals surface area contributed by atoms with Crippen LogP contribution in [0.2, 0.25) is 5.02 Å². The molecule has 0 aromatic heterocycles. The fraction of sp³-hybridized carbons (Fsp3) is 0.174. The molecule has 0 saturated carbocycles. The molecule has 0 unspecified atom stereocenters. The first-order chi connectivity index (χ1) is 15.1. The van der Waals surface area contributed by atoms with Crippen LogP contribution in [0.1, 0.15) is 21.5 Å². The van der Waals surface area contributed by atoms with E-state index in [9.17, 15) is 13.2 Å². The molecule has 3 rings (SSSR count). The van der Waals surface area contributed by atoms with Gasteiger partial charge in [0.1, 0.15) is 11.5 Å². The minimum absolute atomic E-state index is 0.0106. The van der Waals surface area contributed by atoms with Crippen LogP contribution in [0, 0.1) is 13.8 Å². The van der Waals surface area contributed by atoms with Crippen molar-refractivity contribution < 1.29 is 22.7 Å². The first-order valence-electron chi connectivity index (χ1n) is 9.57. The van der Waals surface area contributed by atoms with E-state index in [-0.39, 0.29) is 15.5 Å². The van der Waals surface area contributed by atoms with Crippen LogP contribution in [0.4, 0.5) is 11.4 Å². The second kappa shape index (κ2) is 9.50. The number of sulfonamides is 1. The van der Waals surface area contributed by atoms with Crippen LogP contribution < -0.4 is 19.5 Å². The van der Waals surface area contributed by atoms with E-state index in [1.807, 2.05) is 19.9 Å². The van der Waals surface area contributed by atoms with Crippen LogP contribution in [0.25, 0.3) is 0 Å². The van der Waals surface area contributed by atoms with Gasteiger partial charge in [0.15, 0.2) is 0 Å². The maximum absolute atomic E-state index is 12.9. The number of rotatable bonds is 7. The van der Waals surface area contributed by atoms with E-state index < -0.39 is 15.9 Å². The Kier molecular flexibility index (Phi) is 6.96. The minimum Gasteiger partial charge on any atom is -0.497 e. The van der Waals surface area contributed by atoms with Gasteiger partial charge < -0.3 is 14.8 Å². The van der Waals surface area contributed by atoms with Gasteiger partial charge in [-0.1, -0.05) is 17.7 Å². The lowest BCUT2D eigenvalue weighted by Gasteiger charge is -2.13. The summed E-state index contributed by atoms with van der Waals surface area (Å²) in [4.78, 5) is 12.8. The van der Waals surface area contributed by atoms with E-state index >= 15 is 0 Å². The topological polar surface area (TPSA) is 93.7 Å². The van der Waals surface area contributed by atoms with Crippen molar-refractivity contribution in [3.8, 4) is 11.5 Å². The predicted molar refractivity (Wildman–Crippen MR) is 126 cm³/mol. The first kappa shape index (κ1) is 23.4. The van der Waals surface area contributed by atoms with Crippen LogP contribution >= 0.6 is 11.6 Å². The number of carbonyl (C=O) groups is 1. The standard InChI is InChI=1S/C23H23ClN2O5S/c1-14-5-6-16(9-15(14)2)26-32(28,29)20-7-8-22(24)21(13-20)23(27)25-17-10-18(30-3)12-19(11-17)31-4/h5-13,26H,1-4H3,(H,25,27). The lowest BCUT2D eigenvalue weighted by atomic mass is 10.1. The molecule has 9 heteroatoms. The Morgan fingerprint density at radius 2 is 1.50 bits per heavy atom. The molecule has 32 heavy (non-hydrogen) atoms. The summed E-state index contributed by atoms with van der Waals surface area (Å²) < 4.78 is 38.7. The zero-order valence-electron chi connectivity index (χ0n) is 18.0. The minimum atomic E-state index is -3.94. The lowest BCUT2D eigenvalue weighted by Crippen LogP contribution is -2.16. The highest BCUT2D eigenvalue weighted by Crippen LogP contribution is 2.28. The van der Waals surface area contributed by atoms with Crippen molar-refractivity contribution >= 4 is 38.9 Å². The smallest absolute Gasteiger partial charge is 0.261 e. The molecule has 0 radical (unpaired) electrons. The number of hydrogen-bond acceptors (Lipinski definition) is 5. The quantitative estimate of drug-likeness (QED) is 0.501. The summed E-state index contributed by atoms with van der Waals surface area (Å²) in [6.07, 6.45) is 0. The third-order valence-corrected chi connectivity index (χ3v) is 6.57. The van der Waals surface area contributed by atoms with Gasteiger partial charge in [-0.05, 0) is 55.3 Å². The largest absolute Gasteiger partial charge is 0.497 e. The van der Waals surface area contributed by atoms with Gasteiger partial charge in [-0.3, -0.25) is 9.52 Å². The van der Waals surface area contributed by atoms with E-state index in [2.05, 4.69) is 10.0 Å². The molecule has 2 N–H and O–H groups in total. The molecule has 0 bridgehead atoms. The Bertz CT molecular complexity index is 1250. The zero-order valence-corrected chi connectivity index (χ0v) is 19.6. The van der Waals surface area contributed by atoms with Crippen molar-refractivity contribution in [2.75, 3.05) is 24.3 Å². The molecule has 0 aliphatic heterocycles. The predicted octanol–water partition coefficient (Wildman–Crippen LogP) is 5.03. The Balaban J connectivity index is 1.89. The van der Waals surface area contributed by atoms with Crippen LogP contribution in [-0.4, -0.2) is 28.5 Å². The van der Waals surface area contributed by atoms with E-state index in [1.165, 1.54) is 32.4 Å². The van der Waals surface area contributed by atoms with Crippen molar-refractivity contribution in [1.82, 2.24) is 0 Å². The van der Waals surface area contributed by atoms with Crippen LogP contribution in [0.15, 0.2) is 59.5 Å². The fourth-order valence-electron chi connectivity index (χ4n) is 2.94. The van der Waals surface area contributed by atoms with Crippen molar-refractivity contribution in [2.45, 2.75) is 18.7 Å². The third-order valence-electron chi connectivity index (χ3n) is 4.86. The van der Waals surface area contributed by atoms with Gasteiger partial charge in [0.2, 0.25) is 0 Å². The zero-order chi connectivity index (χ0) is 23.5. The highest BCUT2D eigenvalue weighted by atomic mass is 35.5. The summed E-state index contributed by atoms with van der Waals surface area (Å²) >= 11 is 6.20. The SMILES string of the molecule is COc1cc(NC(=O)c2cc(S(=O)(=O)Nc3ccc(C)c(C)c3)ccc2Cl)cc(OC)c1. The molecule has 0 saturated heterocycles. The van der Waals surface area contributed by atoms with E-state index in [1.54, 1.807) is 30.3 Å². The number of ether oxygens (including phenoxy) is 2. The number of halogens is 1. The van der Waals surface area contributed by atoms with E-state index in [4.69, 9.17) is 21.1 Å². The number of carbonyl (C=O) groups excluding carboxylic acids is 1. The summed E-state index contributed by atoms with van der Waals surface area (Å²) in [5.41, 5.74) is 2.85. The molecule has 0 atom stereocenters. The first-order valence-corrected chi connectivity index (χ1v) is 11.4. The number of anilines is 2. The van der Waals surface area contributed by atoms with Gasteiger partial charge >= 0.3 is 0 Å². The number of hydrogen-bond donors (Lipinski definition) is 2.